The fourth-order valence-corrected chi connectivity index (χ4v) is 2.10. The first-order chi connectivity index (χ1) is 14.5. The number of alkyl halides is 3. The summed E-state index contributed by atoms with van der Waals surface area (Å²) in [7, 11) is 3.25. The van der Waals surface area contributed by atoms with Gasteiger partial charge in [-0.15, -0.1) is 0 Å². The van der Waals surface area contributed by atoms with Crippen molar-refractivity contribution in [1.82, 2.24) is 0 Å². The van der Waals surface area contributed by atoms with Crippen LogP contribution in [0.5, 0.6) is 11.5 Å². The van der Waals surface area contributed by atoms with Crippen LogP contribution in [0, 0.1) is 0 Å². The second kappa shape index (κ2) is 11.6. The van der Waals surface area contributed by atoms with Gasteiger partial charge in [-0.2, -0.15) is 13.2 Å². The normalized spacial score (nSPS) is 10.4. The minimum Gasteiger partial charge on any atom is -0.484 e. The van der Waals surface area contributed by atoms with E-state index in [4.69, 9.17) is 14.6 Å². The molecule has 0 radical (unpaired) electrons. The number of esters is 1. The maximum atomic E-state index is 12.5. The lowest BCUT2D eigenvalue weighted by Crippen LogP contribution is -2.20. The van der Waals surface area contributed by atoms with Crippen LogP contribution < -0.4 is 14.8 Å². The van der Waals surface area contributed by atoms with E-state index >= 15 is 0 Å². The third-order valence-electron chi connectivity index (χ3n) is 3.30. The average Bonchev–Trinajstić information content (AvgIpc) is 2.67. The van der Waals surface area contributed by atoms with E-state index in [1.165, 1.54) is 12.1 Å². The summed E-state index contributed by atoms with van der Waals surface area (Å²) >= 11 is 0. The number of ether oxygens (including phenoxy) is 3. The van der Waals surface area contributed by atoms with E-state index < -0.39 is 36.2 Å². The Morgan fingerprint density at radius 3 is 2.10 bits per heavy atom. The van der Waals surface area contributed by atoms with Gasteiger partial charge in [0.25, 0.3) is 5.91 Å². The van der Waals surface area contributed by atoms with Gasteiger partial charge in [0.2, 0.25) is 0 Å². The van der Waals surface area contributed by atoms with Gasteiger partial charge in [-0.05, 0) is 42.5 Å². The van der Waals surface area contributed by atoms with E-state index in [0.29, 0.717) is 0 Å². The highest BCUT2D eigenvalue weighted by atomic mass is 19.4. The van der Waals surface area contributed by atoms with E-state index in [2.05, 4.69) is 10.1 Å². The second-order valence-corrected chi connectivity index (χ2v) is 5.88. The molecule has 0 atom stereocenters. The first-order valence-corrected chi connectivity index (χ1v) is 8.53. The third kappa shape index (κ3) is 8.74. The number of anilines is 1. The van der Waals surface area contributed by atoms with Crippen LogP contribution in [0.4, 0.5) is 18.9 Å². The molecule has 0 aliphatic rings. The minimum atomic E-state index is -4.48. The Labute approximate surface area is 175 Å². The van der Waals surface area contributed by atoms with E-state index in [1.807, 2.05) is 0 Å². The molecular weight excluding hydrogens is 423 g/mol. The SMILES string of the molecule is CC(=O)Oc1ccc(NC(=O)COc2ccc(C(F)(F)F)cc2)cc1C(=O)O.COC. The van der Waals surface area contributed by atoms with Gasteiger partial charge in [0.05, 0.1) is 5.56 Å². The smallest absolute Gasteiger partial charge is 0.416 e. The zero-order valence-electron chi connectivity index (χ0n) is 16.8. The molecule has 2 aromatic carbocycles. The molecule has 0 saturated heterocycles. The highest BCUT2D eigenvalue weighted by Gasteiger charge is 2.30. The number of nitrogens with one attached hydrogen (secondary N) is 1. The monoisotopic (exact) mass is 443 g/mol. The molecule has 0 aliphatic heterocycles. The number of carbonyl (C=O) groups excluding carboxylic acids is 2. The maximum Gasteiger partial charge on any atom is 0.416 e. The lowest BCUT2D eigenvalue weighted by atomic mass is 10.1. The van der Waals surface area contributed by atoms with Crippen molar-refractivity contribution >= 4 is 23.5 Å². The number of amides is 1. The van der Waals surface area contributed by atoms with Crippen LogP contribution >= 0.6 is 0 Å². The van der Waals surface area contributed by atoms with Gasteiger partial charge in [0, 0.05) is 26.8 Å². The number of aromatic carboxylic acids is 1. The molecule has 2 N–H and O–H groups in total. The van der Waals surface area contributed by atoms with E-state index in [0.717, 1.165) is 37.3 Å². The van der Waals surface area contributed by atoms with Gasteiger partial charge in [0.1, 0.15) is 17.1 Å². The summed E-state index contributed by atoms with van der Waals surface area (Å²) in [5.74, 6) is -2.87. The van der Waals surface area contributed by atoms with Gasteiger partial charge in [0.15, 0.2) is 6.61 Å². The van der Waals surface area contributed by atoms with E-state index in [9.17, 15) is 27.6 Å². The average molecular weight is 443 g/mol. The molecular formula is C20H20F3NO7. The molecule has 0 fully saturated rings. The van der Waals surface area contributed by atoms with Crippen molar-refractivity contribution in [3.63, 3.8) is 0 Å². The standard InChI is InChI=1S/C18H14F3NO6.C2H6O/c1-10(23)28-15-7-4-12(8-14(15)17(25)26)22-16(24)9-27-13-5-2-11(3-6-13)18(19,20)21;1-3-2/h2-8H,9H2,1H3,(H,22,24)(H,25,26);1-2H3. The topological polar surface area (TPSA) is 111 Å². The number of hydrogen-bond donors (Lipinski definition) is 2. The minimum absolute atomic E-state index is 0.0552. The van der Waals surface area contributed by atoms with Crippen LogP contribution in [0.2, 0.25) is 0 Å². The molecule has 0 spiro atoms. The van der Waals surface area contributed by atoms with Gasteiger partial charge < -0.3 is 24.6 Å². The van der Waals surface area contributed by atoms with Crippen LogP contribution in [-0.2, 0) is 20.5 Å². The Hall–Kier alpha value is -3.60. The molecule has 168 valence electrons. The molecule has 31 heavy (non-hydrogen) atoms. The van der Waals surface area contributed by atoms with Crippen molar-refractivity contribution in [2.24, 2.45) is 0 Å². The summed E-state index contributed by atoms with van der Waals surface area (Å²) in [6.45, 7) is 0.597. The predicted molar refractivity (Wildman–Crippen MR) is 103 cm³/mol. The number of benzene rings is 2. The Bertz CT molecular complexity index is 912. The molecule has 0 aliphatic carbocycles. The molecule has 0 bridgehead atoms. The van der Waals surface area contributed by atoms with Crippen LogP contribution in [0.1, 0.15) is 22.8 Å². The number of carbonyl (C=O) groups is 3. The van der Waals surface area contributed by atoms with Crippen molar-refractivity contribution in [3.05, 3.63) is 53.6 Å². The van der Waals surface area contributed by atoms with Crippen molar-refractivity contribution in [2.45, 2.75) is 13.1 Å². The number of methoxy groups -OCH3 is 1. The van der Waals surface area contributed by atoms with Gasteiger partial charge >= 0.3 is 18.1 Å². The fourth-order valence-electron chi connectivity index (χ4n) is 2.10. The molecule has 11 heteroatoms. The molecule has 0 unspecified atom stereocenters. The maximum absolute atomic E-state index is 12.5. The third-order valence-corrected chi connectivity index (χ3v) is 3.30. The molecule has 0 heterocycles. The summed E-state index contributed by atoms with van der Waals surface area (Å²) in [5, 5.41) is 11.5. The Kier molecular flexibility index (Phi) is 9.48. The predicted octanol–water partition coefficient (Wildman–Crippen LogP) is 3.61. The number of carboxylic acid groups (broad SMARTS) is 1. The highest BCUT2D eigenvalue weighted by Crippen LogP contribution is 2.30. The van der Waals surface area contributed by atoms with Crippen LogP contribution in [0.25, 0.3) is 0 Å². The zero-order chi connectivity index (χ0) is 23.6. The lowest BCUT2D eigenvalue weighted by molar-refractivity contribution is -0.137. The number of hydrogen-bond acceptors (Lipinski definition) is 6. The van der Waals surface area contributed by atoms with E-state index in [-0.39, 0.29) is 22.7 Å². The summed E-state index contributed by atoms with van der Waals surface area (Å²) in [6, 6.07) is 7.41. The first-order valence-electron chi connectivity index (χ1n) is 8.53. The summed E-state index contributed by atoms with van der Waals surface area (Å²) in [5.41, 5.74) is -1.08. The molecule has 8 nitrogen and oxygen atoms in total. The van der Waals surface area contributed by atoms with Crippen molar-refractivity contribution < 1.29 is 46.9 Å². The van der Waals surface area contributed by atoms with Gasteiger partial charge in [-0.1, -0.05) is 0 Å². The number of rotatable bonds is 6. The Balaban J connectivity index is 0.00000151. The molecule has 1 amide bonds. The first kappa shape index (κ1) is 25.4. The van der Waals surface area contributed by atoms with Crippen LogP contribution in [0.15, 0.2) is 42.5 Å². The lowest BCUT2D eigenvalue weighted by Gasteiger charge is -2.11. The van der Waals surface area contributed by atoms with Gasteiger partial charge in [-0.3, -0.25) is 9.59 Å². The second-order valence-electron chi connectivity index (χ2n) is 5.88. The molecule has 0 saturated carbocycles. The summed E-state index contributed by atoms with van der Waals surface area (Å²) in [6.07, 6.45) is -4.48. The number of carboxylic acids is 1. The quantitative estimate of drug-likeness (QED) is 0.518. The molecule has 2 aromatic rings. The van der Waals surface area contributed by atoms with Crippen molar-refractivity contribution in [3.8, 4) is 11.5 Å². The highest BCUT2D eigenvalue weighted by molar-refractivity contribution is 5.96. The fraction of sp³-hybridized carbons (Fsp3) is 0.250. The molecule has 0 aromatic heterocycles. The Morgan fingerprint density at radius 1 is 1.03 bits per heavy atom. The largest absolute Gasteiger partial charge is 0.484 e. The Morgan fingerprint density at radius 2 is 1.61 bits per heavy atom. The zero-order valence-corrected chi connectivity index (χ0v) is 16.8. The van der Waals surface area contributed by atoms with Crippen LogP contribution in [0.3, 0.4) is 0 Å². The van der Waals surface area contributed by atoms with Crippen molar-refractivity contribution in [2.75, 3.05) is 26.1 Å². The van der Waals surface area contributed by atoms with Crippen molar-refractivity contribution in [1.29, 1.82) is 0 Å². The molecule has 2 rings (SSSR count). The summed E-state index contributed by atoms with van der Waals surface area (Å²) in [4.78, 5) is 34.1. The number of halogens is 3. The summed E-state index contributed by atoms with van der Waals surface area (Å²) < 4.78 is 51.6. The van der Waals surface area contributed by atoms with E-state index in [1.54, 1.807) is 14.2 Å². The van der Waals surface area contributed by atoms with Crippen LogP contribution in [-0.4, -0.2) is 43.8 Å². The van der Waals surface area contributed by atoms with Gasteiger partial charge in [-0.25, -0.2) is 4.79 Å².